The van der Waals surface area contributed by atoms with E-state index in [0.29, 0.717) is 38.3 Å². The van der Waals surface area contributed by atoms with E-state index in [-0.39, 0.29) is 18.4 Å². The molecule has 8 heteroatoms. The van der Waals surface area contributed by atoms with Gasteiger partial charge in [-0.1, -0.05) is 13.8 Å². The van der Waals surface area contributed by atoms with Crippen molar-refractivity contribution in [3.8, 4) is 0 Å². The number of hydrogen-bond donors (Lipinski definition) is 2. The highest BCUT2D eigenvalue weighted by molar-refractivity contribution is 7.87. The number of piperidine rings is 1. The number of nitrogens with zero attached hydrogens (tertiary/aromatic N) is 1. The Morgan fingerprint density at radius 2 is 1.95 bits per heavy atom. The first-order valence-corrected chi connectivity index (χ1v) is 9.14. The van der Waals surface area contributed by atoms with E-state index in [9.17, 15) is 13.2 Å². The molecule has 0 radical (unpaired) electrons. The summed E-state index contributed by atoms with van der Waals surface area (Å²) in [5, 5.41) is 0. The van der Waals surface area contributed by atoms with E-state index in [1.807, 2.05) is 20.8 Å². The first kappa shape index (κ1) is 19.3. The Kier molecular flexibility index (Phi) is 6.79. The topological polar surface area (TPSA) is 102 Å². The van der Waals surface area contributed by atoms with Gasteiger partial charge in [-0.05, 0) is 32.1 Å². The van der Waals surface area contributed by atoms with Crippen molar-refractivity contribution in [2.45, 2.75) is 45.6 Å². The summed E-state index contributed by atoms with van der Waals surface area (Å²) in [7, 11) is -2.25. The van der Waals surface area contributed by atoms with Crippen molar-refractivity contribution < 1.29 is 17.9 Å². The van der Waals surface area contributed by atoms with Crippen LogP contribution in [0.2, 0.25) is 0 Å². The molecule has 0 aromatic rings. The van der Waals surface area contributed by atoms with E-state index < -0.39 is 15.7 Å². The van der Waals surface area contributed by atoms with Crippen LogP contribution in [-0.4, -0.2) is 51.0 Å². The average molecular weight is 335 g/mol. The largest absolute Gasteiger partial charge is 0.469 e. The van der Waals surface area contributed by atoms with Gasteiger partial charge in [0.15, 0.2) is 0 Å². The number of carbonyl (C=O) groups excluding carboxylic acids is 1. The molecule has 1 unspecified atom stereocenters. The van der Waals surface area contributed by atoms with Gasteiger partial charge in [0.1, 0.15) is 0 Å². The van der Waals surface area contributed by atoms with Crippen molar-refractivity contribution >= 4 is 16.2 Å². The Balaban J connectivity index is 2.70. The van der Waals surface area contributed by atoms with Gasteiger partial charge in [0.25, 0.3) is 10.2 Å². The fourth-order valence-corrected chi connectivity index (χ4v) is 4.55. The molecule has 0 aromatic carbocycles. The maximum atomic E-state index is 12.5. The molecular formula is C14H29N3O4S. The van der Waals surface area contributed by atoms with Gasteiger partial charge >= 0.3 is 5.97 Å². The van der Waals surface area contributed by atoms with Crippen LogP contribution in [0.4, 0.5) is 0 Å². The standard InChI is InChI=1S/C14H29N3O4S/c1-11(2)9-14(3,10-15)16-22(19,20)17-7-5-12(6-8-17)13(18)21-4/h11-12,16H,5-10,15H2,1-4H3. The maximum absolute atomic E-state index is 12.5. The fourth-order valence-electron chi connectivity index (χ4n) is 2.94. The van der Waals surface area contributed by atoms with Crippen LogP contribution in [0.25, 0.3) is 0 Å². The highest BCUT2D eigenvalue weighted by Crippen LogP contribution is 2.22. The molecule has 0 spiro atoms. The molecule has 0 aromatic heterocycles. The maximum Gasteiger partial charge on any atom is 0.308 e. The van der Waals surface area contributed by atoms with E-state index in [0.717, 1.165) is 0 Å². The molecular weight excluding hydrogens is 306 g/mol. The Hall–Kier alpha value is -0.700. The summed E-state index contributed by atoms with van der Waals surface area (Å²) in [6.07, 6.45) is 1.63. The average Bonchev–Trinajstić information content (AvgIpc) is 2.45. The quantitative estimate of drug-likeness (QED) is 0.659. The fraction of sp³-hybridized carbons (Fsp3) is 0.929. The molecule has 130 valence electrons. The Morgan fingerprint density at radius 3 is 2.36 bits per heavy atom. The molecule has 7 nitrogen and oxygen atoms in total. The minimum absolute atomic E-state index is 0.215. The summed E-state index contributed by atoms with van der Waals surface area (Å²) < 4.78 is 33.9. The van der Waals surface area contributed by atoms with Crippen molar-refractivity contribution in [2.24, 2.45) is 17.6 Å². The van der Waals surface area contributed by atoms with Gasteiger partial charge in [-0.25, -0.2) is 0 Å². The number of ether oxygens (including phenoxy) is 1. The number of hydrogen-bond acceptors (Lipinski definition) is 5. The summed E-state index contributed by atoms with van der Waals surface area (Å²) >= 11 is 0. The molecule has 1 aliphatic rings. The third-order valence-electron chi connectivity index (χ3n) is 4.01. The van der Waals surface area contributed by atoms with Crippen LogP contribution >= 0.6 is 0 Å². The molecule has 3 N–H and O–H groups in total. The number of rotatable bonds is 7. The van der Waals surface area contributed by atoms with Crippen LogP contribution in [0.1, 0.15) is 40.0 Å². The summed E-state index contributed by atoms with van der Waals surface area (Å²) in [4.78, 5) is 11.5. The molecule has 1 fully saturated rings. The van der Waals surface area contributed by atoms with Crippen molar-refractivity contribution in [1.82, 2.24) is 9.03 Å². The summed E-state index contributed by atoms with van der Waals surface area (Å²) in [5.74, 6) is -0.147. The minimum atomic E-state index is -3.60. The highest BCUT2D eigenvalue weighted by Gasteiger charge is 2.36. The van der Waals surface area contributed by atoms with E-state index in [4.69, 9.17) is 10.5 Å². The van der Waals surface area contributed by atoms with Crippen molar-refractivity contribution in [3.05, 3.63) is 0 Å². The third kappa shape index (κ3) is 5.19. The number of nitrogens with two attached hydrogens (primary N) is 1. The Labute approximate surface area is 133 Å². The molecule has 22 heavy (non-hydrogen) atoms. The van der Waals surface area contributed by atoms with Crippen molar-refractivity contribution in [2.75, 3.05) is 26.7 Å². The van der Waals surface area contributed by atoms with Gasteiger partial charge in [-0.15, -0.1) is 0 Å². The van der Waals surface area contributed by atoms with Crippen molar-refractivity contribution in [1.29, 1.82) is 0 Å². The Bertz CT molecular complexity index is 472. The predicted molar refractivity (Wildman–Crippen MR) is 85.3 cm³/mol. The lowest BCUT2D eigenvalue weighted by molar-refractivity contribution is -0.146. The molecule has 1 saturated heterocycles. The molecule has 0 aliphatic carbocycles. The van der Waals surface area contributed by atoms with Crippen LogP contribution in [0.3, 0.4) is 0 Å². The van der Waals surface area contributed by atoms with E-state index in [1.54, 1.807) is 0 Å². The molecule has 1 heterocycles. The van der Waals surface area contributed by atoms with Gasteiger partial charge in [-0.2, -0.15) is 17.4 Å². The number of methoxy groups -OCH3 is 1. The zero-order chi connectivity index (χ0) is 17.0. The second kappa shape index (κ2) is 7.72. The molecule has 0 saturated carbocycles. The zero-order valence-electron chi connectivity index (χ0n) is 14.0. The third-order valence-corrected chi connectivity index (χ3v) is 5.81. The lowest BCUT2D eigenvalue weighted by Gasteiger charge is -2.36. The SMILES string of the molecule is COC(=O)C1CCN(S(=O)(=O)NC(C)(CN)CC(C)C)CC1. The van der Waals surface area contributed by atoms with Crippen LogP contribution in [-0.2, 0) is 19.7 Å². The first-order chi connectivity index (χ1) is 10.1. The number of carbonyl (C=O) groups is 1. The molecule has 1 rings (SSSR count). The van der Waals surface area contributed by atoms with E-state index in [2.05, 4.69) is 4.72 Å². The number of esters is 1. The molecule has 1 aliphatic heterocycles. The highest BCUT2D eigenvalue weighted by atomic mass is 32.2. The second-order valence-corrected chi connectivity index (χ2v) is 8.34. The second-order valence-electron chi connectivity index (χ2n) is 6.67. The van der Waals surface area contributed by atoms with Gasteiger partial charge in [-0.3, -0.25) is 4.79 Å². The molecule has 1 atom stereocenters. The molecule has 0 amide bonds. The monoisotopic (exact) mass is 335 g/mol. The van der Waals surface area contributed by atoms with Crippen LogP contribution in [0.15, 0.2) is 0 Å². The van der Waals surface area contributed by atoms with Gasteiger partial charge in [0, 0.05) is 25.2 Å². The summed E-state index contributed by atoms with van der Waals surface area (Å²) in [6.45, 7) is 6.76. The summed E-state index contributed by atoms with van der Waals surface area (Å²) in [5.41, 5.74) is 5.10. The first-order valence-electron chi connectivity index (χ1n) is 7.70. The Morgan fingerprint density at radius 1 is 1.41 bits per heavy atom. The van der Waals surface area contributed by atoms with Crippen LogP contribution < -0.4 is 10.5 Å². The van der Waals surface area contributed by atoms with Crippen molar-refractivity contribution in [3.63, 3.8) is 0 Å². The van der Waals surface area contributed by atoms with Gasteiger partial charge < -0.3 is 10.5 Å². The van der Waals surface area contributed by atoms with E-state index >= 15 is 0 Å². The van der Waals surface area contributed by atoms with Gasteiger partial charge in [0.05, 0.1) is 13.0 Å². The predicted octanol–water partition coefficient (Wildman–Crippen LogP) is 0.469. The lowest BCUT2D eigenvalue weighted by Crippen LogP contribution is -2.57. The van der Waals surface area contributed by atoms with Gasteiger partial charge in [0.2, 0.25) is 0 Å². The lowest BCUT2D eigenvalue weighted by atomic mass is 9.92. The number of nitrogens with one attached hydrogen (secondary N) is 1. The zero-order valence-corrected chi connectivity index (χ0v) is 14.8. The molecule has 0 bridgehead atoms. The smallest absolute Gasteiger partial charge is 0.308 e. The van der Waals surface area contributed by atoms with Crippen LogP contribution in [0.5, 0.6) is 0 Å². The minimum Gasteiger partial charge on any atom is -0.469 e. The van der Waals surface area contributed by atoms with E-state index in [1.165, 1.54) is 11.4 Å². The normalized spacial score (nSPS) is 20.8. The summed E-state index contributed by atoms with van der Waals surface area (Å²) in [6, 6.07) is 0. The van der Waals surface area contributed by atoms with Crippen LogP contribution in [0, 0.1) is 11.8 Å².